The van der Waals surface area contributed by atoms with Gasteiger partial charge in [0.25, 0.3) is 0 Å². The summed E-state index contributed by atoms with van der Waals surface area (Å²) in [6.45, 7) is 0.984. The second-order valence-electron chi connectivity index (χ2n) is 6.78. The van der Waals surface area contributed by atoms with Crippen LogP contribution in [-0.2, 0) is 11.2 Å². The van der Waals surface area contributed by atoms with E-state index >= 15 is 0 Å². The Bertz CT molecular complexity index is 834. The van der Waals surface area contributed by atoms with E-state index in [4.69, 9.17) is 0 Å². The molecule has 4 rings (SSSR count). The van der Waals surface area contributed by atoms with E-state index in [-0.39, 0.29) is 24.2 Å². The van der Waals surface area contributed by atoms with Crippen molar-refractivity contribution in [3.8, 4) is 0 Å². The van der Waals surface area contributed by atoms with Crippen LogP contribution < -0.4 is 10.6 Å². The molecular formula is C19H20FN3O2S. The molecular weight excluding hydrogens is 353 g/mol. The van der Waals surface area contributed by atoms with E-state index in [2.05, 4.69) is 27.0 Å². The van der Waals surface area contributed by atoms with Gasteiger partial charge in [0, 0.05) is 17.5 Å². The highest BCUT2D eigenvalue weighted by molar-refractivity contribution is 7.10. The van der Waals surface area contributed by atoms with Crippen molar-refractivity contribution in [2.75, 3.05) is 18.4 Å². The molecule has 5 nitrogen and oxygen atoms in total. The Morgan fingerprint density at radius 3 is 2.81 bits per heavy atom. The van der Waals surface area contributed by atoms with Gasteiger partial charge in [0.15, 0.2) is 0 Å². The molecule has 0 radical (unpaired) electrons. The third-order valence-corrected chi connectivity index (χ3v) is 5.90. The monoisotopic (exact) mass is 373 g/mol. The van der Waals surface area contributed by atoms with E-state index in [1.165, 1.54) is 41.5 Å². The van der Waals surface area contributed by atoms with Crippen molar-refractivity contribution in [2.24, 2.45) is 5.92 Å². The third-order valence-electron chi connectivity index (χ3n) is 4.91. The SMILES string of the molecule is O=C(CN1CCc2sccc2C1C1CC1)NC(=O)Nc1ccccc1F. The first-order valence-corrected chi connectivity index (χ1v) is 9.65. The summed E-state index contributed by atoms with van der Waals surface area (Å²) in [6.07, 6.45) is 3.31. The zero-order valence-corrected chi connectivity index (χ0v) is 15.0. The Kier molecular flexibility index (Phi) is 4.74. The summed E-state index contributed by atoms with van der Waals surface area (Å²) in [6, 6.07) is 7.58. The van der Waals surface area contributed by atoms with Gasteiger partial charge in [-0.25, -0.2) is 9.18 Å². The van der Waals surface area contributed by atoms with Gasteiger partial charge in [-0.3, -0.25) is 15.0 Å². The number of thiophene rings is 1. The molecule has 3 amide bonds. The van der Waals surface area contributed by atoms with Crippen LogP contribution in [0.15, 0.2) is 35.7 Å². The Labute approximate surface area is 155 Å². The van der Waals surface area contributed by atoms with Crippen molar-refractivity contribution in [1.82, 2.24) is 10.2 Å². The molecule has 1 aromatic carbocycles. The number of nitrogens with zero attached hydrogens (tertiary/aromatic N) is 1. The van der Waals surface area contributed by atoms with Crippen LogP contribution in [0.4, 0.5) is 14.9 Å². The number of rotatable bonds is 4. The molecule has 2 aliphatic rings. The number of amides is 3. The normalized spacial score (nSPS) is 19.7. The van der Waals surface area contributed by atoms with Gasteiger partial charge in [0.2, 0.25) is 5.91 Å². The van der Waals surface area contributed by atoms with Gasteiger partial charge in [-0.1, -0.05) is 12.1 Å². The number of hydrogen-bond donors (Lipinski definition) is 2. The number of carbonyl (C=O) groups is 2. The molecule has 2 aromatic rings. The van der Waals surface area contributed by atoms with Gasteiger partial charge in [-0.15, -0.1) is 11.3 Å². The van der Waals surface area contributed by atoms with Crippen molar-refractivity contribution in [1.29, 1.82) is 0 Å². The van der Waals surface area contributed by atoms with E-state index in [1.807, 2.05) is 0 Å². The van der Waals surface area contributed by atoms with Gasteiger partial charge >= 0.3 is 6.03 Å². The van der Waals surface area contributed by atoms with Crippen LogP contribution in [0, 0.1) is 11.7 Å². The van der Waals surface area contributed by atoms with E-state index in [0.717, 1.165) is 13.0 Å². The Morgan fingerprint density at radius 2 is 2.04 bits per heavy atom. The summed E-state index contributed by atoms with van der Waals surface area (Å²) in [5.41, 5.74) is 1.39. The fourth-order valence-electron chi connectivity index (χ4n) is 3.61. The number of carbonyl (C=O) groups excluding carboxylic acids is 2. The molecule has 1 aliphatic carbocycles. The number of para-hydroxylation sites is 1. The van der Waals surface area contributed by atoms with Crippen LogP contribution in [-0.4, -0.2) is 29.9 Å². The van der Waals surface area contributed by atoms with Gasteiger partial charge in [0.1, 0.15) is 5.82 Å². The maximum absolute atomic E-state index is 13.6. The van der Waals surface area contributed by atoms with Crippen LogP contribution in [0.25, 0.3) is 0 Å². The van der Waals surface area contributed by atoms with Crippen molar-refractivity contribution in [3.63, 3.8) is 0 Å². The molecule has 2 N–H and O–H groups in total. The lowest BCUT2D eigenvalue weighted by Gasteiger charge is -2.35. The maximum Gasteiger partial charge on any atom is 0.326 e. The van der Waals surface area contributed by atoms with Gasteiger partial charge < -0.3 is 5.32 Å². The first kappa shape index (κ1) is 17.2. The molecule has 136 valence electrons. The van der Waals surface area contributed by atoms with Crippen LogP contribution in [0.3, 0.4) is 0 Å². The number of nitrogens with one attached hydrogen (secondary N) is 2. The first-order chi connectivity index (χ1) is 12.6. The summed E-state index contributed by atoms with van der Waals surface area (Å²) in [5.74, 6) is -0.309. The molecule has 1 unspecified atom stereocenters. The number of hydrogen-bond acceptors (Lipinski definition) is 4. The van der Waals surface area contributed by atoms with Crippen LogP contribution in [0.1, 0.15) is 29.3 Å². The quantitative estimate of drug-likeness (QED) is 0.862. The predicted octanol–water partition coefficient (Wildman–Crippen LogP) is 3.54. The molecule has 26 heavy (non-hydrogen) atoms. The summed E-state index contributed by atoms with van der Waals surface area (Å²) in [5, 5.41) is 6.80. The number of fused-ring (bicyclic) bond motifs is 1. The average Bonchev–Trinajstić information content (AvgIpc) is 3.33. The fourth-order valence-corrected chi connectivity index (χ4v) is 4.52. The third kappa shape index (κ3) is 3.64. The molecule has 1 atom stereocenters. The lowest BCUT2D eigenvalue weighted by Crippen LogP contribution is -2.45. The minimum atomic E-state index is -0.712. The highest BCUT2D eigenvalue weighted by Gasteiger charge is 2.40. The van der Waals surface area contributed by atoms with Gasteiger partial charge in [-0.05, 0) is 54.3 Å². The summed E-state index contributed by atoms with van der Waals surface area (Å²) >= 11 is 1.78. The van der Waals surface area contributed by atoms with Crippen molar-refractivity contribution in [3.05, 3.63) is 52.0 Å². The Morgan fingerprint density at radius 1 is 1.23 bits per heavy atom. The number of urea groups is 1. The summed E-state index contributed by atoms with van der Waals surface area (Å²) in [7, 11) is 0. The number of benzene rings is 1. The molecule has 1 fully saturated rings. The molecule has 1 saturated carbocycles. The highest BCUT2D eigenvalue weighted by Crippen LogP contribution is 2.48. The lowest BCUT2D eigenvalue weighted by atomic mass is 9.96. The standard InChI is InChI=1S/C19H20FN3O2S/c20-14-3-1-2-4-15(14)21-19(25)22-17(24)11-23-9-7-16-13(8-10-26-16)18(23)12-5-6-12/h1-4,8,10,12,18H,5-7,9,11H2,(H2,21,22,24,25). The van der Waals surface area contributed by atoms with E-state index in [1.54, 1.807) is 17.4 Å². The molecule has 1 aliphatic heterocycles. The minimum Gasteiger partial charge on any atom is -0.305 e. The molecule has 1 aromatic heterocycles. The first-order valence-electron chi connectivity index (χ1n) is 8.77. The topological polar surface area (TPSA) is 61.4 Å². The smallest absolute Gasteiger partial charge is 0.305 e. The average molecular weight is 373 g/mol. The van der Waals surface area contributed by atoms with Crippen LogP contribution >= 0.6 is 11.3 Å². The van der Waals surface area contributed by atoms with Crippen molar-refractivity contribution in [2.45, 2.75) is 25.3 Å². The Balaban J connectivity index is 1.37. The molecule has 7 heteroatoms. The van der Waals surface area contributed by atoms with E-state index in [0.29, 0.717) is 5.92 Å². The fraction of sp³-hybridized carbons (Fsp3) is 0.368. The Hall–Kier alpha value is -2.25. The molecule has 0 spiro atoms. The number of anilines is 1. The second-order valence-corrected chi connectivity index (χ2v) is 7.78. The molecule has 2 heterocycles. The second kappa shape index (κ2) is 7.17. The zero-order valence-electron chi connectivity index (χ0n) is 14.2. The molecule has 0 saturated heterocycles. The van der Waals surface area contributed by atoms with Crippen LogP contribution in [0.5, 0.6) is 0 Å². The van der Waals surface area contributed by atoms with Gasteiger partial charge in [0.05, 0.1) is 12.2 Å². The highest BCUT2D eigenvalue weighted by atomic mass is 32.1. The minimum absolute atomic E-state index is 0.0505. The summed E-state index contributed by atoms with van der Waals surface area (Å²) in [4.78, 5) is 27.9. The van der Waals surface area contributed by atoms with Crippen LogP contribution in [0.2, 0.25) is 0 Å². The lowest BCUT2D eigenvalue weighted by molar-refractivity contribution is -0.121. The van der Waals surface area contributed by atoms with Crippen molar-refractivity contribution < 1.29 is 14.0 Å². The van der Waals surface area contributed by atoms with Gasteiger partial charge in [-0.2, -0.15) is 0 Å². The molecule has 0 bridgehead atoms. The number of halogens is 1. The zero-order chi connectivity index (χ0) is 18.1. The van der Waals surface area contributed by atoms with E-state index in [9.17, 15) is 14.0 Å². The predicted molar refractivity (Wildman–Crippen MR) is 98.6 cm³/mol. The maximum atomic E-state index is 13.6. The number of imide groups is 1. The van der Waals surface area contributed by atoms with Crippen molar-refractivity contribution >= 4 is 29.0 Å². The largest absolute Gasteiger partial charge is 0.326 e. The summed E-state index contributed by atoms with van der Waals surface area (Å²) < 4.78 is 13.6. The van der Waals surface area contributed by atoms with E-state index < -0.39 is 11.8 Å².